The van der Waals surface area contributed by atoms with E-state index in [-0.39, 0.29) is 6.04 Å². The molecule has 1 aliphatic carbocycles. The van der Waals surface area contributed by atoms with Crippen LogP contribution in [0.5, 0.6) is 0 Å². The fraction of sp³-hybridized carbons (Fsp3) is 0.611. The maximum absolute atomic E-state index is 12.9. The van der Waals surface area contributed by atoms with E-state index in [1.165, 1.54) is 43.2 Å². The third kappa shape index (κ3) is 3.85. The summed E-state index contributed by atoms with van der Waals surface area (Å²) < 4.78 is 0. The molecule has 3 nitrogen and oxygen atoms in total. The number of carbonyl (C=O) groups excluding carboxylic acids is 1. The summed E-state index contributed by atoms with van der Waals surface area (Å²) in [5, 5.41) is 3.45. The molecule has 0 aromatic heterocycles. The van der Waals surface area contributed by atoms with Crippen LogP contribution in [0.4, 0.5) is 0 Å². The van der Waals surface area contributed by atoms with Gasteiger partial charge < -0.3 is 10.2 Å². The molecular formula is C18H26N2O. The van der Waals surface area contributed by atoms with Gasteiger partial charge in [0.25, 0.3) is 0 Å². The van der Waals surface area contributed by atoms with Gasteiger partial charge in [0.15, 0.2) is 0 Å². The number of nitrogens with one attached hydrogen (secondary N) is 1. The first kappa shape index (κ1) is 14.6. The molecule has 1 unspecified atom stereocenters. The second-order valence-corrected chi connectivity index (χ2v) is 6.54. The monoisotopic (exact) mass is 286 g/mol. The standard InChI is InChI=1S/C18H26N2O/c1-14-6-8-15(9-7-14)13-20(16-10-11-16)18(21)17-5-3-2-4-12-19-17/h6-9,16-17,19H,2-5,10-13H2,1H3. The molecule has 0 radical (unpaired) electrons. The first-order chi connectivity index (χ1) is 10.2. The van der Waals surface area contributed by atoms with Gasteiger partial charge in [-0.05, 0) is 44.7 Å². The quantitative estimate of drug-likeness (QED) is 0.923. The minimum Gasteiger partial charge on any atom is -0.334 e. The maximum atomic E-state index is 12.9. The molecule has 1 saturated carbocycles. The molecule has 1 saturated heterocycles. The Kier molecular flexibility index (Phi) is 4.59. The van der Waals surface area contributed by atoms with Gasteiger partial charge in [-0.25, -0.2) is 0 Å². The second kappa shape index (κ2) is 6.61. The molecule has 2 aliphatic rings. The Morgan fingerprint density at radius 2 is 1.90 bits per heavy atom. The zero-order valence-electron chi connectivity index (χ0n) is 13.0. The molecule has 0 spiro atoms. The summed E-state index contributed by atoms with van der Waals surface area (Å²) in [7, 11) is 0. The van der Waals surface area contributed by atoms with Gasteiger partial charge in [0.2, 0.25) is 5.91 Å². The molecular weight excluding hydrogens is 260 g/mol. The van der Waals surface area contributed by atoms with Gasteiger partial charge in [-0.3, -0.25) is 4.79 Å². The highest BCUT2D eigenvalue weighted by Gasteiger charge is 2.35. The summed E-state index contributed by atoms with van der Waals surface area (Å²) in [6, 6.07) is 9.09. The highest BCUT2D eigenvalue weighted by molar-refractivity contribution is 5.82. The van der Waals surface area contributed by atoms with Gasteiger partial charge in [-0.15, -0.1) is 0 Å². The minimum atomic E-state index is 0.0403. The maximum Gasteiger partial charge on any atom is 0.240 e. The largest absolute Gasteiger partial charge is 0.334 e. The van der Waals surface area contributed by atoms with Crippen molar-refractivity contribution in [1.82, 2.24) is 10.2 Å². The van der Waals surface area contributed by atoms with E-state index >= 15 is 0 Å². The van der Waals surface area contributed by atoms with Crippen molar-refractivity contribution in [1.29, 1.82) is 0 Å². The Hall–Kier alpha value is -1.35. The van der Waals surface area contributed by atoms with E-state index in [4.69, 9.17) is 0 Å². The summed E-state index contributed by atoms with van der Waals surface area (Å²) in [5.74, 6) is 0.319. The molecule has 1 atom stereocenters. The molecule has 1 aromatic rings. The lowest BCUT2D eigenvalue weighted by Crippen LogP contribution is -2.46. The Labute approximate surface area is 127 Å². The van der Waals surface area contributed by atoms with E-state index in [0.29, 0.717) is 11.9 Å². The van der Waals surface area contributed by atoms with Crippen LogP contribution >= 0.6 is 0 Å². The van der Waals surface area contributed by atoms with Gasteiger partial charge in [-0.1, -0.05) is 42.7 Å². The average Bonchev–Trinajstić information content (AvgIpc) is 3.32. The molecule has 0 bridgehead atoms. The number of amides is 1. The van der Waals surface area contributed by atoms with Crippen molar-refractivity contribution in [2.24, 2.45) is 0 Å². The van der Waals surface area contributed by atoms with Crippen LogP contribution in [-0.2, 0) is 11.3 Å². The predicted octanol–water partition coefficient (Wildman–Crippen LogP) is 3.02. The third-order valence-electron chi connectivity index (χ3n) is 4.60. The molecule has 3 heteroatoms. The van der Waals surface area contributed by atoms with E-state index < -0.39 is 0 Å². The number of aryl methyl sites for hydroxylation is 1. The molecule has 1 heterocycles. The van der Waals surface area contributed by atoms with E-state index in [2.05, 4.69) is 41.4 Å². The molecule has 1 aliphatic heterocycles. The molecule has 2 fully saturated rings. The van der Waals surface area contributed by atoms with Crippen molar-refractivity contribution in [2.45, 2.75) is 64.1 Å². The van der Waals surface area contributed by atoms with Crippen LogP contribution in [0.2, 0.25) is 0 Å². The minimum absolute atomic E-state index is 0.0403. The summed E-state index contributed by atoms with van der Waals surface area (Å²) in [6.45, 7) is 3.85. The summed E-state index contributed by atoms with van der Waals surface area (Å²) in [4.78, 5) is 15.0. The SMILES string of the molecule is Cc1ccc(CN(C(=O)C2CCCCCN2)C2CC2)cc1. The van der Waals surface area contributed by atoms with E-state index in [9.17, 15) is 4.79 Å². The van der Waals surface area contributed by atoms with Crippen molar-refractivity contribution in [3.63, 3.8) is 0 Å². The van der Waals surface area contributed by atoms with Crippen molar-refractivity contribution in [2.75, 3.05) is 6.54 Å². The average molecular weight is 286 g/mol. The fourth-order valence-corrected chi connectivity index (χ4v) is 3.10. The van der Waals surface area contributed by atoms with Crippen LogP contribution in [0, 0.1) is 6.92 Å². The number of nitrogens with zero attached hydrogens (tertiary/aromatic N) is 1. The Bertz CT molecular complexity index is 470. The second-order valence-electron chi connectivity index (χ2n) is 6.54. The summed E-state index contributed by atoms with van der Waals surface area (Å²) in [5.41, 5.74) is 2.52. The van der Waals surface area contributed by atoms with Crippen LogP contribution in [0.1, 0.15) is 49.7 Å². The normalized spacial score (nSPS) is 22.6. The number of rotatable bonds is 4. The topological polar surface area (TPSA) is 32.3 Å². The van der Waals surface area contributed by atoms with Gasteiger partial charge in [0.05, 0.1) is 6.04 Å². The zero-order chi connectivity index (χ0) is 14.7. The van der Waals surface area contributed by atoms with E-state index in [0.717, 1.165) is 19.5 Å². The number of hydrogen-bond donors (Lipinski definition) is 1. The lowest BCUT2D eigenvalue weighted by molar-refractivity contribution is -0.134. The van der Waals surface area contributed by atoms with Gasteiger partial charge in [0.1, 0.15) is 0 Å². The van der Waals surface area contributed by atoms with Crippen LogP contribution in [0.3, 0.4) is 0 Å². The third-order valence-corrected chi connectivity index (χ3v) is 4.60. The van der Waals surface area contributed by atoms with E-state index in [1.54, 1.807) is 0 Å². The summed E-state index contributed by atoms with van der Waals surface area (Å²) in [6.07, 6.45) is 6.96. The smallest absolute Gasteiger partial charge is 0.240 e. The number of benzene rings is 1. The Morgan fingerprint density at radius 3 is 2.62 bits per heavy atom. The Morgan fingerprint density at radius 1 is 1.14 bits per heavy atom. The molecule has 1 amide bonds. The highest BCUT2D eigenvalue weighted by atomic mass is 16.2. The Balaban J connectivity index is 1.68. The van der Waals surface area contributed by atoms with Crippen molar-refractivity contribution < 1.29 is 4.79 Å². The first-order valence-corrected chi connectivity index (χ1v) is 8.33. The lowest BCUT2D eigenvalue weighted by Gasteiger charge is -2.27. The van der Waals surface area contributed by atoms with Crippen LogP contribution in [0.25, 0.3) is 0 Å². The molecule has 3 rings (SSSR count). The van der Waals surface area contributed by atoms with Crippen LogP contribution < -0.4 is 5.32 Å². The predicted molar refractivity (Wildman–Crippen MR) is 85.0 cm³/mol. The zero-order valence-corrected chi connectivity index (χ0v) is 13.0. The molecule has 1 aromatic carbocycles. The highest BCUT2D eigenvalue weighted by Crippen LogP contribution is 2.29. The van der Waals surface area contributed by atoms with Gasteiger partial charge in [-0.2, -0.15) is 0 Å². The molecule has 21 heavy (non-hydrogen) atoms. The lowest BCUT2D eigenvalue weighted by atomic mass is 10.1. The van der Waals surface area contributed by atoms with E-state index in [1.807, 2.05) is 0 Å². The van der Waals surface area contributed by atoms with Crippen molar-refractivity contribution in [3.8, 4) is 0 Å². The van der Waals surface area contributed by atoms with Crippen molar-refractivity contribution in [3.05, 3.63) is 35.4 Å². The molecule has 1 N–H and O–H groups in total. The number of carbonyl (C=O) groups is 1. The molecule has 114 valence electrons. The fourth-order valence-electron chi connectivity index (χ4n) is 3.10. The first-order valence-electron chi connectivity index (χ1n) is 8.33. The number of hydrogen-bond acceptors (Lipinski definition) is 2. The van der Waals surface area contributed by atoms with Crippen molar-refractivity contribution >= 4 is 5.91 Å². The van der Waals surface area contributed by atoms with Crippen LogP contribution in [0.15, 0.2) is 24.3 Å². The summed E-state index contributed by atoms with van der Waals surface area (Å²) >= 11 is 0. The van der Waals surface area contributed by atoms with Crippen LogP contribution in [-0.4, -0.2) is 29.4 Å². The van der Waals surface area contributed by atoms with Gasteiger partial charge in [0, 0.05) is 12.6 Å². The van der Waals surface area contributed by atoms with Gasteiger partial charge >= 0.3 is 0 Å².